The lowest BCUT2D eigenvalue weighted by molar-refractivity contribution is -0.133. The normalized spacial score (nSPS) is 15.4. The number of aryl methyl sites for hydroxylation is 1. The SMILES string of the molecule is CC(CCc1ccccc1)CC(=O)N1CCN(C(=O)c2cccnc2)CC1. The lowest BCUT2D eigenvalue weighted by Crippen LogP contribution is -2.50. The summed E-state index contributed by atoms with van der Waals surface area (Å²) in [4.78, 5) is 32.7. The Balaban J connectivity index is 1.42. The Labute approximate surface area is 161 Å². The molecule has 0 bridgehead atoms. The van der Waals surface area contributed by atoms with Gasteiger partial charge in [0, 0.05) is 45.0 Å². The number of carbonyl (C=O) groups excluding carboxylic acids is 2. The minimum atomic E-state index is -0.00794. The van der Waals surface area contributed by atoms with Crippen LogP contribution in [0.15, 0.2) is 54.9 Å². The van der Waals surface area contributed by atoms with E-state index in [-0.39, 0.29) is 11.8 Å². The molecule has 2 heterocycles. The molecule has 0 radical (unpaired) electrons. The van der Waals surface area contributed by atoms with Gasteiger partial charge < -0.3 is 9.80 Å². The van der Waals surface area contributed by atoms with E-state index in [1.54, 1.807) is 29.4 Å². The summed E-state index contributed by atoms with van der Waals surface area (Å²) in [6.07, 6.45) is 5.84. The van der Waals surface area contributed by atoms with Crippen molar-refractivity contribution in [3.8, 4) is 0 Å². The van der Waals surface area contributed by atoms with E-state index in [1.807, 2.05) is 11.0 Å². The highest BCUT2D eigenvalue weighted by Crippen LogP contribution is 2.16. The Kier molecular flexibility index (Phi) is 6.58. The van der Waals surface area contributed by atoms with Gasteiger partial charge in [0.1, 0.15) is 0 Å². The number of hydrogen-bond donors (Lipinski definition) is 0. The highest BCUT2D eigenvalue weighted by atomic mass is 16.2. The molecule has 0 N–H and O–H groups in total. The average Bonchev–Trinajstić information content (AvgIpc) is 2.73. The maximum absolute atomic E-state index is 12.6. The van der Waals surface area contributed by atoms with Crippen LogP contribution in [0, 0.1) is 5.92 Å². The number of carbonyl (C=O) groups is 2. The molecule has 0 saturated carbocycles. The van der Waals surface area contributed by atoms with Gasteiger partial charge in [0.2, 0.25) is 5.91 Å². The number of amides is 2. The summed E-state index contributed by atoms with van der Waals surface area (Å²) in [6.45, 7) is 4.52. The van der Waals surface area contributed by atoms with E-state index in [4.69, 9.17) is 0 Å². The van der Waals surface area contributed by atoms with Crippen LogP contribution < -0.4 is 0 Å². The average molecular weight is 365 g/mol. The predicted molar refractivity (Wildman–Crippen MR) is 105 cm³/mol. The molecule has 1 aromatic carbocycles. The molecule has 1 aromatic heterocycles. The summed E-state index contributed by atoms with van der Waals surface area (Å²) in [5.41, 5.74) is 1.92. The number of rotatable bonds is 6. The van der Waals surface area contributed by atoms with E-state index >= 15 is 0 Å². The van der Waals surface area contributed by atoms with Crippen molar-refractivity contribution in [3.63, 3.8) is 0 Å². The number of piperazine rings is 1. The fourth-order valence-electron chi connectivity index (χ4n) is 3.42. The molecule has 3 rings (SSSR count). The first-order valence-corrected chi connectivity index (χ1v) is 9.64. The van der Waals surface area contributed by atoms with Gasteiger partial charge in [0.25, 0.3) is 5.91 Å². The fourth-order valence-corrected chi connectivity index (χ4v) is 3.42. The summed E-state index contributed by atoms with van der Waals surface area (Å²) in [5.74, 6) is 0.545. The van der Waals surface area contributed by atoms with Gasteiger partial charge in [-0.2, -0.15) is 0 Å². The molecule has 2 aromatic rings. The number of nitrogens with zero attached hydrogens (tertiary/aromatic N) is 3. The molecule has 0 aliphatic carbocycles. The third kappa shape index (κ3) is 5.39. The van der Waals surface area contributed by atoms with Gasteiger partial charge in [-0.3, -0.25) is 14.6 Å². The first-order chi connectivity index (χ1) is 13.1. The van der Waals surface area contributed by atoms with Crippen LogP contribution in [-0.2, 0) is 11.2 Å². The first kappa shape index (κ1) is 19.1. The number of benzene rings is 1. The van der Waals surface area contributed by atoms with Crippen molar-refractivity contribution in [1.29, 1.82) is 0 Å². The minimum Gasteiger partial charge on any atom is -0.339 e. The van der Waals surface area contributed by atoms with Crippen LogP contribution in [0.1, 0.15) is 35.7 Å². The summed E-state index contributed by atoms with van der Waals surface area (Å²) < 4.78 is 0. The first-order valence-electron chi connectivity index (χ1n) is 9.64. The third-order valence-electron chi connectivity index (χ3n) is 5.12. The second-order valence-electron chi connectivity index (χ2n) is 7.25. The van der Waals surface area contributed by atoms with Crippen molar-refractivity contribution in [2.24, 2.45) is 5.92 Å². The fraction of sp³-hybridized carbons (Fsp3) is 0.409. The van der Waals surface area contributed by atoms with Crippen molar-refractivity contribution >= 4 is 11.8 Å². The Bertz CT molecular complexity index is 741. The molecule has 1 saturated heterocycles. The number of aromatic nitrogens is 1. The van der Waals surface area contributed by atoms with Gasteiger partial charge in [-0.15, -0.1) is 0 Å². The quantitative estimate of drug-likeness (QED) is 0.791. The standard InChI is InChI=1S/C22H27N3O2/c1-18(9-10-19-6-3-2-4-7-19)16-21(26)24-12-14-25(15-13-24)22(27)20-8-5-11-23-17-20/h2-8,11,17-18H,9-10,12-16H2,1H3. The highest BCUT2D eigenvalue weighted by molar-refractivity contribution is 5.94. The van der Waals surface area contributed by atoms with Crippen molar-refractivity contribution in [3.05, 3.63) is 66.0 Å². The monoisotopic (exact) mass is 365 g/mol. The van der Waals surface area contributed by atoms with Crippen LogP contribution in [0.25, 0.3) is 0 Å². The predicted octanol–water partition coefficient (Wildman–Crippen LogP) is 3.03. The second kappa shape index (κ2) is 9.31. The van der Waals surface area contributed by atoms with Crippen LogP contribution in [0.5, 0.6) is 0 Å². The lowest BCUT2D eigenvalue weighted by Gasteiger charge is -2.35. The van der Waals surface area contributed by atoms with Crippen molar-refractivity contribution in [2.75, 3.05) is 26.2 Å². The van der Waals surface area contributed by atoms with Gasteiger partial charge in [0.15, 0.2) is 0 Å². The maximum atomic E-state index is 12.6. The zero-order valence-corrected chi connectivity index (χ0v) is 15.9. The van der Waals surface area contributed by atoms with Crippen molar-refractivity contribution < 1.29 is 9.59 Å². The molecular weight excluding hydrogens is 338 g/mol. The number of hydrogen-bond acceptors (Lipinski definition) is 3. The van der Waals surface area contributed by atoms with Gasteiger partial charge in [-0.05, 0) is 36.5 Å². The Hall–Kier alpha value is -2.69. The van der Waals surface area contributed by atoms with E-state index in [9.17, 15) is 9.59 Å². The Morgan fingerprint density at radius 3 is 2.37 bits per heavy atom. The van der Waals surface area contributed by atoms with Crippen molar-refractivity contribution in [2.45, 2.75) is 26.2 Å². The largest absolute Gasteiger partial charge is 0.339 e. The van der Waals surface area contributed by atoms with E-state index in [0.717, 1.165) is 12.8 Å². The van der Waals surface area contributed by atoms with Crippen LogP contribution >= 0.6 is 0 Å². The topological polar surface area (TPSA) is 53.5 Å². The molecule has 5 nitrogen and oxygen atoms in total. The van der Waals surface area contributed by atoms with E-state index in [1.165, 1.54) is 5.56 Å². The third-order valence-corrected chi connectivity index (χ3v) is 5.12. The van der Waals surface area contributed by atoms with E-state index in [0.29, 0.717) is 44.1 Å². The summed E-state index contributed by atoms with van der Waals surface area (Å²) in [6, 6.07) is 13.9. The Morgan fingerprint density at radius 1 is 1.00 bits per heavy atom. The van der Waals surface area contributed by atoms with Crippen LogP contribution in [0.2, 0.25) is 0 Å². The lowest BCUT2D eigenvalue weighted by atomic mass is 9.97. The molecule has 1 aliphatic heterocycles. The van der Waals surface area contributed by atoms with Gasteiger partial charge in [0.05, 0.1) is 5.56 Å². The van der Waals surface area contributed by atoms with E-state index < -0.39 is 0 Å². The molecule has 5 heteroatoms. The van der Waals surface area contributed by atoms with Crippen LogP contribution in [0.3, 0.4) is 0 Å². The van der Waals surface area contributed by atoms with Gasteiger partial charge >= 0.3 is 0 Å². The molecule has 27 heavy (non-hydrogen) atoms. The Morgan fingerprint density at radius 2 is 1.70 bits per heavy atom. The van der Waals surface area contributed by atoms with E-state index in [2.05, 4.69) is 36.2 Å². The van der Waals surface area contributed by atoms with Crippen molar-refractivity contribution in [1.82, 2.24) is 14.8 Å². The molecule has 1 aliphatic rings. The van der Waals surface area contributed by atoms with Crippen LogP contribution in [0.4, 0.5) is 0 Å². The summed E-state index contributed by atoms with van der Waals surface area (Å²) in [5, 5.41) is 0. The smallest absolute Gasteiger partial charge is 0.255 e. The molecular formula is C22H27N3O2. The summed E-state index contributed by atoms with van der Waals surface area (Å²) in [7, 11) is 0. The highest BCUT2D eigenvalue weighted by Gasteiger charge is 2.25. The van der Waals surface area contributed by atoms with Gasteiger partial charge in [-0.1, -0.05) is 37.3 Å². The minimum absolute atomic E-state index is 0.00794. The molecule has 1 fully saturated rings. The summed E-state index contributed by atoms with van der Waals surface area (Å²) >= 11 is 0. The maximum Gasteiger partial charge on any atom is 0.255 e. The molecule has 0 spiro atoms. The molecule has 1 unspecified atom stereocenters. The zero-order chi connectivity index (χ0) is 19.1. The van der Waals surface area contributed by atoms with Gasteiger partial charge in [-0.25, -0.2) is 0 Å². The number of pyridine rings is 1. The molecule has 142 valence electrons. The second-order valence-corrected chi connectivity index (χ2v) is 7.25. The zero-order valence-electron chi connectivity index (χ0n) is 15.9. The molecule has 2 amide bonds. The van der Waals surface area contributed by atoms with Crippen LogP contribution in [-0.4, -0.2) is 52.8 Å². The molecule has 1 atom stereocenters.